The van der Waals surface area contributed by atoms with Gasteiger partial charge < -0.3 is 29.6 Å². The summed E-state index contributed by atoms with van der Waals surface area (Å²) < 4.78 is 19.5. The number of anilines is 1. The van der Waals surface area contributed by atoms with Gasteiger partial charge in [0.1, 0.15) is 5.69 Å². The Kier molecular flexibility index (Phi) is 10.7. The number of carbonyl (C=O) groups excluding carboxylic acids is 1. The Bertz CT molecular complexity index is 1930. The summed E-state index contributed by atoms with van der Waals surface area (Å²) >= 11 is 1.51. The fourth-order valence-corrected chi connectivity index (χ4v) is 6.68. The van der Waals surface area contributed by atoms with E-state index in [1.54, 1.807) is 0 Å². The minimum absolute atomic E-state index is 0.0262. The lowest BCUT2D eigenvalue weighted by molar-refractivity contribution is -0.245. The Morgan fingerprint density at radius 1 is 0.760 bits per heavy atom. The highest BCUT2D eigenvalue weighted by molar-refractivity contribution is 7.99. The molecule has 6 aromatic rings. The van der Waals surface area contributed by atoms with E-state index in [2.05, 4.69) is 10.6 Å². The van der Waals surface area contributed by atoms with Crippen molar-refractivity contribution in [2.75, 3.05) is 11.1 Å². The van der Waals surface area contributed by atoms with Crippen LogP contribution in [0.2, 0.25) is 0 Å². The largest absolute Gasteiger partial charge is 0.431 e. The molecule has 1 fully saturated rings. The molecule has 1 aliphatic rings. The summed E-state index contributed by atoms with van der Waals surface area (Å²) in [5.74, 6) is 1.30. The number of amides is 2. The van der Waals surface area contributed by atoms with Crippen LogP contribution in [0.1, 0.15) is 41.1 Å². The van der Waals surface area contributed by atoms with Gasteiger partial charge in [-0.15, -0.1) is 0 Å². The van der Waals surface area contributed by atoms with Crippen LogP contribution < -0.4 is 10.6 Å². The zero-order valence-electron chi connectivity index (χ0n) is 27.3. The molecule has 252 valence electrons. The summed E-state index contributed by atoms with van der Waals surface area (Å²) in [5.41, 5.74) is 6.99. The molecule has 5 aromatic carbocycles. The van der Waals surface area contributed by atoms with E-state index in [1.165, 1.54) is 11.8 Å². The molecule has 7 rings (SSSR count). The highest BCUT2D eigenvalue weighted by Gasteiger charge is 2.33. The molecule has 0 aliphatic carbocycles. The third kappa shape index (κ3) is 8.33. The molecule has 3 N–H and O–H groups in total. The summed E-state index contributed by atoms with van der Waals surface area (Å²) in [5, 5.41) is 16.0. The Morgan fingerprint density at radius 2 is 1.46 bits per heavy atom. The molecule has 0 spiro atoms. The van der Waals surface area contributed by atoms with E-state index in [0.29, 0.717) is 29.6 Å². The summed E-state index contributed by atoms with van der Waals surface area (Å²) in [4.78, 5) is 17.6. The maximum absolute atomic E-state index is 12.7. The number of aliphatic hydroxyl groups is 1. The third-order valence-corrected chi connectivity index (χ3v) is 9.37. The van der Waals surface area contributed by atoms with E-state index in [-0.39, 0.29) is 24.8 Å². The first kappa shape index (κ1) is 33.3. The second kappa shape index (κ2) is 16.0. The monoisotopic (exact) mass is 683 g/mol. The molecule has 2 heterocycles. The van der Waals surface area contributed by atoms with Gasteiger partial charge in [0.05, 0.1) is 18.8 Å². The molecule has 0 saturated carbocycles. The van der Waals surface area contributed by atoms with Gasteiger partial charge in [0.25, 0.3) is 5.22 Å². The zero-order chi connectivity index (χ0) is 34.1. The van der Waals surface area contributed by atoms with Gasteiger partial charge in [-0.2, -0.15) is 0 Å². The standard InChI is InChI=1S/C41H37N3O5S/c45-26-29-19-21-30(22-20-29)36-24-35(27-50-41-44-37(31-13-6-2-7-14-31)38(49-41)32-15-8-3-9-16-32)47-39(48-36)33-17-10-18-34(23-33)43-40(46)42-25-28-11-4-1-5-12-28/h1-23,35-36,39,45H,24-27H2,(H2,42,43,46)/t35-,36+,39+/m0/s1. The number of hydrogen-bond donors (Lipinski definition) is 3. The molecule has 1 aliphatic heterocycles. The number of aliphatic hydroxyl groups excluding tert-OH is 1. The number of carbonyl (C=O) groups is 1. The zero-order valence-corrected chi connectivity index (χ0v) is 28.1. The van der Waals surface area contributed by atoms with Gasteiger partial charge in [0.15, 0.2) is 12.1 Å². The quantitative estimate of drug-likeness (QED) is 0.117. The van der Waals surface area contributed by atoms with Crippen LogP contribution in [-0.2, 0) is 22.6 Å². The second-order valence-electron chi connectivity index (χ2n) is 12.0. The first-order valence-electron chi connectivity index (χ1n) is 16.5. The van der Waals surface area contributed by atoms with Gasteiger partial charge in [-0.1, -0.05) is 139 Å². The number of nitrogens with one attached hydrogen (secondary N) is 2. The second-order valence-corrected chi connectivity index (χ2v) is 12.9. The highest BCUT2D eigenvalue weighted by atomic mass is 32.2. The number of hydrogen-bond acceptors (Lipinski definition) is 7. The number of oxazole rings is 1. The van der Waals surface area contributed by atoms with E-state index in [4.69, 9.17) is 18.9 Å². The minimum Gasteiger partial charge on any atom is -0.431 e. The summed E-state index contributed by atoms with van der Waals surface area (Å²) in [6.45, 7) is 0.392. The molecule has 0 radical (unpaired) electrons. The topological polar surface area (TPSA) is 106 Å². The highest BCUT2D eigenvalue weighted by Crippen LogP contribution is 2.41. The van der Waals surface area contributed by atoms with Crippen molar-refractivity contribution in [2.45, 2.75) is 43.3 Å². The smallest absolute Gasteiger partial charge is 0.319 e. The van der Waals surface area contributed by atoms with Gasteiger partial charge in [-0.3, -0.25) is 0 Å². The van der Waals surface area contributed by atoms with E-state index in [0.717, 1.165) is 44.8 Å². The molecule has 50 heavy (non-hydrogen) atoms. The SMILES string of the molecule is O=C(NCc1ccccc1)Nc1cccc([C@@H]2O[C@H](CSc3nc(-c4ccccc4)c(-c4ccccc4)o3)C[C@H](c3ccc(CO)cc3)O2)c1. The van der Waals surface area contributed by atoms with Crippen molar-refractivity contribution in [2.24, 2.45) is 0 Å². The molecule has 1 saturated heterocycles. The summed E-state index contributed by atoms with van der Waals surface area (Å²) in [7, 11) is 0. The van der Waals surface area contributed by atoms with Crippen molar-refractivity contribution < 1.29 is 23.8 Å². The van der Waals surface area contributed by atoms with Crippen molar-refractivity contribution >= 4 is 23.5 Å². The van der Waals surface area contributed by atoms with Crippen LogP contribution in [0, 0.1) is 0 Å². The van der Waals surface area contributed by atoms with Crippen LogP contribution in [0.3, 0.4) is 0 Å². The Hall–Kier alpha value is -5.19. The lowest BCUT2D eigenvalue weighted by Crippen LogP contribution is -2.31. The van der Waals surface area contributed by atoms with Crippen molar-refractivity contribution in [3.05, 3.63) is 162 Å². The van der Waals surface area contributed by atoms with Crippen LogP contribution in [-0.4, -0.2) is 28.0 Å². The summed E-state index contributed by atoms with van der Waals surface area (Å²) in [6, 6.07) is 44.8. The van der Waals surface area contributed by atoms with Crippen molar-refractivity contribution in [3.63, 3.8) is 0 Å². The predicted octanol–water partition coefficient (Wildman–Crippen LogP) is 9.16. The Morgan fingerprint density at radius 3 is 2.18 bits per heavy atom. The fourth-order valence-electron chi connectivity index (χ4n) is 5.84. The molecule has 1 aromatic heterocycles. The van der Waals surface area contributed by atoms with Crippen LogP contribution in [0.5, 0.6) is 0 Å². The predicted molar refractivity (Wildman–Crippen MR) is 195 cm³/mol. The third-order valence-electron chi connectivity index (χ3n) is 8.41. The minimum atomic E-state index is -0.685. The molecular formula is C41H37N3O5S. The molecule has 9 heteroatoms. The number of nitrogens with zero attached hydrogens (tertiary/aromatic N) is 1. The number of rotatable bonds is 11. The van der Waals surface area contributed by atoms with Crippen LogP contribution >= 0.6 is 11.8 Å². The van der Waals surface area contributed by atoms with Crippen molar-refractivity contribution in [1.29, 1.82) is 0 Å². The van der Waals surface area contributed by atoms with Crippen LogP contribution in [0.15, 0.2) is 149 Å². The van der Waals surface area contributed by atoms with Crippen molar-refractivity contribution in [3.8, 4) is 22.6 Å². The van der Waals surface area contributed by atoms with E-state index >= 15 is 0 Å². The molecular weight excluding hydrogens is 647 g/mol. The molecule has 0 unspecified atom stereocenters. The maximum atomic E-state index is 12.7. The van der Waals surface area contributed by atoms with Gasteiger partial charge in [0.2, 0.25) is 0 Å². The van der Waals surface area contributed by atoms with Crippen LogP contribution in [0.25, 0.3) is 22.6 Å². The lowest BCUT2D eigenvalue weighted by atomic mass is 10.0. The Labute approximate surface area is 295 Å². The van der Waals surface area contributed by atoms with Gasteiger partial charge in [0, 0.05) is 41.1 Å². The van der Waals surface area contributed by atoms with Crippen molar-refractivity contribution in [1.82, 2.24) is 10.3 Å². The fraction of sp³-hybridized carbons (Fsp3) is 0.171. The Balaban J connectivity index is 1.09. The number of ether oxygens (including phenoxy) is 2. The first-order valence-corrected chi connectivity index (χ1v) is 17.5. The van der Waals surface area contributed by atoms with Gasteiger partial charge in [-0.25, -0.2) is 9.78 Å². The van der Waals surface area contributed by atoms with E-state index in [1.807, 2.05) is 140 Å². The first-order chi connectivity index (χ1) is 24.6. The number of benzene rings is 5. The normalized spacial score (nSPS) is 17.3. The average molecular weight is 684 g/mol. The lowest BCUT2D eigenvalue weighted by Gasteiger charge is -2.36. The van der Waals surface area contributed by atoms with Crippen LogP contribution in [0.4, 0.5) is 10.5 Å². The average Bonchev–Trinajstić information content (AvgIpc) is 3.62. The van der Waals surface area contributed by atoms with Gasteiger partial charge in [-0.05, 0) is 28.8 Å². The molecule has 3 atom stereocenters. The number of urea groups is 1. The maximum Gasteiger partial charge on any atom is 0.319 e. The molecule has 0 bridgehead atoms. The molecule has 8 nitrogen and oxygen atoms in total. The molecule has 2 amide bonds. The number of aromatic nitrogens is 1. The van der Waals surface area contributed by atoms with Gasteiger partial charge >= 0.3 is 6.03 Å². The summed E-state index contributed by atoms with van der Waals surface area (Å²) in [6.07, 6.45) is -0.545. The van der Waals surface area contributed by atoms with E-state index in [9.17, 15) is 9.90 Å². The number of thioether (sulfide) groups is 1. The van der Waals surface area contributed by atoms with E-state index < -0.39 is 6.29 Å².